The molecule has 1 aliphatic carbocycles. The highest BCUT2D eigenvalue weighted by Gasteiger charge is 2.17. The Labute approximate surface area is 152 Å². The van der Waals surface area contributed by atoms with Crippen LogP contribution in [0.1, 0.15) is 49.1 Å². The van der Waals surface area contributed by atoms with Crippen molar-refractivity contribution in [1.82, 2.24) is 0 Å². The molecule has 0 bridgehead atoms. The Morgan fingerprint density at radius 1 is 0.840 bits per heavy atom. The van der Waals surface area contributed by atoms with Gasteiger partial charge < -0.3 is 0 Å². The first-order valence-corrected chi connectivity index (χ1v) is 9.35. The molecule has 2 unspecified atom stereocenters. The number of hydrogen-bond acceptors (Lipinski definition) is 0. The van der Waals surface area contributed by atoms with E-state index in [1.54, 1.807) is 0 Å². The van der Waals surface area contributed by atoms with Crippen LogP contribution in [0.15, 0.2) is 96.6 Å². The van der Waals surface area contributed by atoms with Crippen LogP contribution in [0, 0.1) is 6.42 Å². The minimum absolute atomic E-state index is 0.548. The molecular formula is C25H27-. The molecule has 0 saturated carbocycles. The molecule has 128 valence electrons. The molecule has 0 heterocycles. The lowest BCUT2D eigenvalue weighted by Gasteiger charge is -2.24. The topological polar surface area (TPSA) is 0 Å². The lowest BCUT2D eigenvalue weighted by molar-refractivity contribution is 0.521. The van der Waals surface area contributed by atoms with Gasteiger partial charge in [-0.05, 0) is 35.8 Å². The normalized spacial score (nSPS) is 17.2. The maximum Gasteiger partial charge on any atom is -0.0159 e. The summed E-state index contributed by atoms with van der Waals surface area (Å²) in [6.07, 6.45) is 16.5. The summed E-state index contributed by atoms with van der Waals surface area (Å²) in [6.45, 7) is 2.31. The Morgan fingerprint density at radius 2 is 1.48 bits per heavy atom. The molecule has 0 aromatic heterocycles. The quantitative estimate of drug-likeness (QED) is 0.480. The van der Waals surface area contributed by atoms with Gasteiger partial charge in [-0.15, -0.1) is 30.7 Å². The van der Waals surface area contributed by atoms with Gasteiger partial charge in [0.1, 0.15) is 0 Å². The monoisotopic (exact) mass is 327 g/mol. The van der Waals surface area contributed by atoms with Crippen molar-refractivity contribution in [3.63, 3.8) is 0 Å². The highest BCUT2D eigenvalue weighted by atomic mass is 14.2. The molecule has 0 radical (unpaired) electrons. The molecular weight excluding hydrogens is 300 g/mol. The van der Waals surface area contributed by atoms with Crippen molar-refractivity contribution >= 4 is 0 Å². The second kappa shape index (κ2) is 9.13. The summed E-state index contributed by atoms with van der Waals surface area (Å²) in [5, 5.41) is 0. The van der Waals surface area contributed by atoms with Crippen molar-refractivity contribution in [2.45, 2.75) is 38.0 Å². The Morgan fingerprint density at radius 3 is 2.04 bits per heavy atom. The highest BCUT2D eigenvalue weighted by Crippen LogP contribution is 2.35. The zero-order chi connectivity index (χ0) is 17.3. The third-order valence-corrected chi connectivity index (χ3v) is 5.04. The molecule has 0 amide bonds. The summed E-state index contributed by atoms with van der Waals surface area (Å²) < 4.78 is 0. The summed E-state index contributed by atoms with van der Waals surface area (Å²) in [5.74, 6) is 1.15. The molecule has 0 nitrogen and oxygen atoms in total. The van der Waals surface area contributed by atoms with Gasteiger partial charge in [0.25, 0.3) is 0 Å². The largest absolute Gasteiger partial charge is 0.156 e. The number of rotatable bonds is 7. The molecule has 0 aliphatic heterocycles. The molecule has 0 fully saturated rings. The van der Waals surface area contributed by atoms with Crippen LogP contribution in [0.5, 0.6) is 0 Å². The smallest absolute Gasteiger partial charge is 0.0159 e. The van der Waals surface area contributed by atoms with Crippen LogP contribution in [0.3, 0.4) is 0 Å². The number of benzene rings is 2. The number of hydrogen-bond donors (Lipinski definition) is 0. The third kappa shape index (κ3) is 5.00. The minimum atomic E-state index is 0.548. The summed E-state index contributed by atoms with van der Waals surface area (Å²) in [7, 11) is 0. The van der Waals surface area contributed by atoms with Gasteiger partial charge in [-0.3, -0.25) is 0 Å². The van der Waals surface area contributed by atoms with E-state index < -0.39 is 0 Å². The molecule has 2 aromatic rings. The zero-order valence-corrected chi connectivity index (χ0v) is 15.0. The van der Waals surface area contributed by atoms with E-state index in [2.05, 4.69) is 104 Å². The first-order chi connectivity index (χ1) is 12.4. The van der Waals surface area contributed by atoms with Gasteiger partial charge in [0, 0.05) is 0 Å². The number of allylic oxidation sites excluding steroid dienone is 6. The average molecular weight is 327 g/mol. The van der Waals surface area contributed by atoms with Gasteiger partial charge >= 0.3 is 0 Å². The molecule has 0 saturated heterocycles. The standard InChI is InChI=1S/C25H27/c1-2-22(23-14-8-4-9-15-23)20-25(24-16-10-5-11-17-24)19-18-21-12-6-3-7-13-21/h3-18,22,25H,2,19-20H2,1H3/q-1. The second-order valence-electron chi connectivity index (χ2n) is 6.71. The van der Waals surface area contributed by atoms with Gasteiger partial charge in [0.05, 0.1) is 0 Å². The lowest BCUT2D eigenvalue weighted by Crippen LogP contribution is -2.06. The van der Waals surface area contributed by atoms with Crippen LogP contribution in [0.4, 0.5) is 0 Å². The average Bonchev–Trinajstić information content (AvgIpc) is 2.70. The molecule has 2 atom stereocenters. The van der Waals surface area contributed by atoms with Crippen molar-refractivity contribution in [1.29, 1.82) is 0 Å². The molecule has 0 spiro atoms. The highest BCUT2D eigenvalue weighted by molar-refractivity contribution is 5.39. The van der Waals surface area contributed by atoms with E-state index in [0.29, 0.717) is 11.8 Å². The fraction of sp³-hybridized carbons (Fsp3) is 0.240. The molecule has 3 rings (SSSR count). The Kier molecular flexibility index (Phi) is 6.34. The Hall–Kier alpha value is -2.47. The van der Waals surface area contributed by atoms with Crippen LogP contribution >= 0.6 is 0 Å². The summed E-state index contributed by atoms with van der Waals surface area (Å²) in [6, 6.07) is 22.0. The molecule has 0 N–H and O–H groups in total. The van der Waals surface area contributed by atoms with Crippen LogP contribution in [-0.2, 0) is 0 Å². The van der Waals surface area contributed by atoms with Crippen LogP contribution < -0.4 is 0 Å². The SMILES string of the molecule is CCC(CC(C/C=C1/C=CC=C[CH-]1)c1ccccc1)c1ccccc1. The van der Waals surface area contributed by atoms with Gasteiger partial charge in [-0.25, -0.2) is 0 Å². The van der Waals surface area contributed by atoms with Crippen LogP contribution in [0.2, 0.25) is 0 Å². The maximum atomic E-state index is 2.38. The van der Waals surface area contributed by atoms with E-state index in [0.717, 1.165) is 6.42 Å². The van der Waals surface area contributed by atoms with Crippen molar-refractivity contribution in [2.75, 3.05) is 0 Å². The van der Waals surface area contributed by atoms with E-state index >= 15 is 0 Å². The predicted molar refractivity (Wildman–Crippen MR) is 109 cm³/mol. The predicted octanol–water partition coefficient (Wildman–Crippen LogP) is 7.00. The van der Waals surface area contributed by atoms with Crippen molar-refractivity contribution in [3.05, 3.63) is 114 Å². The zero-order valence-electron chi connectivity index (χ0n) is 15.0. The van der Waals surface area contributed by atoms with Crippen LogP contribution in [0.25, 0.3) is 0 Å². The minimum Gasteiger partial charge on any atom is -0.156 e. The van der Waals surface area contributed by atoms with Gasteiger partial charge in [0.2, 0.25) is 0 Å². The van der Waals surface area contributed by atoms with Crippen molar-refractivity contribution in [3.8, 4) is 0 Å². The molecule has 2 aromatic carbocycles. The Bertz CT molecular complexity index is 719. The van der Waals surface area contributed by atoms with E-state index in [9.17, 15) is 0 Å². The molecule has 1 aliphatic rings. The fourth-order valence-corrected chi connectivity index (χ4v) is 3.57. The first-order valence-electron chi connectivity index (χ1n) is 9.35. The van der Waals surface area contributed by atoms with Gasteiger partial charge in [0.15, 0.2) is 0 Å². The maximum absolute atomic E-state index is 2.38. The summed E-state index contributed by atoms with van der Waals surface area (Å²) >= 11 is 0. The summed E-state index contributed by atoms with van der Waals surface area (Å²) in [4.78, 5) is 0. The van der Waals surface area contributed by atoms with Crippen LogP contribution in [-0.4, -0.2) is 0 Å². The van der Waals surface area contributed by atoms with E-state index in [1.807, 2.05) is 0 Å². The second-order valence-corrected chi connectivity index (χ2v) is 6.71. The fourth-order valence-electron chi connectivity index (χ4n) is 3.57. The third-order valence-electron chi connectivity index (χ3n) is 5.04. The molecule has 0 heteroatoms. The van der Waals surface area contributed by atoms with E-state index in [4.69, 9.17) is 0 Å². The first kappa shape index (κ1) is 17.4. The van der Waals surface area contributed by atoms with Crippen molar-refractivity contribution < 1.29 is 0 Å². The van der Waals surface area contributed by atoms with E-state index in [1.165, 1.54) is 29.5 Å². The van der Waals surface area contributed by atoms with Crippen molar-refractivity contribution in [2.24, 2.45) is 0 Å². The Balaban J connectivity index is 1.78. The van der Waals surface area contributed by atoms with E-state index in [-0.39, 0.29) is 0 Å². The molecule has 25 heavy (non-hydrogen) atoms. The lowest BCUT2D eigenvalue weighted by atomic mass is 9.81. The van der Waals surface area contributed by atoms with Gasteiger partial charge in [-0.2, -0.15) is 11.6 Å². The summed E-state index contributed by atoms with van der Waals surface area (Å²) in [5.41, 5.74) is 4.23. The van der Waals surface area contributed by atoms with Gasteiger partial charge in [-0.1, -0.05) is 74.0 Å².